The van der Waals surface area contributed by atoms with Gasteiger partial charge in [0.2, 0.25) is 5.95 Å². The van der Waals surface area contributed by atoms with Crippen LogP contribution in [0.4, 0.5) is 11.6 Å². The number of hydrogen-bond acceptors (Lipinski definition) is 9. The van der Waals surface area contributed by atoms with Crippen molar-refractivity contribution in [1.29, 1.82) is 0 Å². The number of ether oxygens (including phenoxy) is 1. The van der Waals surface area contributed by atoms with Gasteiger partial charge in [0.15, 0.2) is 0 Å². The maximum absolute atomic E-state index is 13.7. The lowest BCUT2D eigenvalue weighted by molar-refractivity contribution is -0.0208. The van der Waals surface area contributed by atoms with E-state index in [0.717, 1.165) is 84.8 Å². The predicted octanol–water partition coefficient (Wildman–Crippen LogP) is 4.00. The molecule has 1 aromatic carbocycles. The molecule has 3 aromatic heterocycles. The van der Waals surface area contributed by atoms with Crippen molar-refractivity contribution in [2.45, 2.75) is 43.7 Å². The zero-order valence-electron chi connectivity index (χ0n) is 22.1. The van der Waals surface area contributed by atoms with Gasteiger partial charge in [-0.25, -0.2) is 9.97 Å². The smallest absolute Gasteiger partial charge is 0.256 e. The zero-order chi connectivity index (χ0) is 26.3. The van der Waals surface area contributed by atoms with Gasteiger partial charge < -0.3 is 20.3 Å². The summed E-state index contributed by atoms with van der Waals surface area (Å²) in [4.78, 5) is 31.3. The van der Waals surface area contributed by atoms with E-state index in [1.54, 1.807) is 11.3 Å². The fourth-order valence-electron chi connectivity index (χ4n) is 5.73. The molecule has 3 aliphatic rings. The van der Waals surface area contributed by atoms with Crippen LogP contribution >= 0.6 is 11.3 Å². The predicted molar refractivity (Wildman–Crippen MR) is 153 cm³/mol. The molecule has 0 spiro atoms. The SMILES string of the molecule is CN1CCOC(c2ccc(Nc3ncc4cc(C5CC5)c(=O)n(Cc5scnc5C5CCNC5)c4n3)cc2)C1. The Balaban J connectivity index is 1.20. The van der Waals surface area contributed by atoms with Crippen molar-refractivity contribution >= 4 is 34.0 Å². The van der Waals surface area contributed by atoms with Crippen molar-refractivity contribution in [3.05, 3.63) is 74.1 Å². The van der Waals surface area contributed by atoms with E-state index in [0.29, 0.717) is 30.0 Å². The zero-order valence-corrected chi connectivity index (χ0v) is 22.9. The van der Waals surface area contributed by atoms with Crippen LogP contribution in [0.5, 0.6) is 0 Å². The Morgan fingerprint density at radius 2 is 2.03 bits per heavy atom. The summed E-state index contributed by atoms with van der Waals surface area (Å²) in [7, 11) is 2.12. The Hall–Kier alpha value is -3.18. The van der Waals surface area contributed by atoms with Crippen molar-refractivity contribution in [1.82, 2.24) is 29.7 Å². The molecule has 1 saturated carbocycles. The molecule has 10 heteroatoms. The van der Waals surface area contributed by atoms with Crippen LogP contribution < -0.4 is 16.2 Å². The standard InChI is InChI=1S/C29H33N7O2S/c1-35-10-11-38-24(15-35)19-4-6-22(7-5-19)33-29-31-14-21-12-23(18-2-3-18)28(37)36(27(21)34-29)16-25-26(32-17-39-25)20-8-9-30-13-20/h4-7,12,14,17-18,20,24,30H,2-3,8-11,13,15-16H2,1H3,(H,31,33,34). The third-order valence-electron chi connectivity index (χ3n) is 8.10. The van der Waals surface area contributed by atoms with Gasteiger partial charge in [0.05, 0.1) is 30.5 Å². The molecule has 2 unspecified atom stereocenters. The number of nitrogens with one attached hydrogen (secondary N) is 2. The van der Waals surface area contributed by atoms with Gasteiger partial charge in [0.1, 0.15) is 5.65 Å². The molecule has 2 atom stereocenters. The molecule has 0 bridgehead atoms. The topological polar surface area (TPSA) is 97.2 Å². The Morgan fingerprint density at radius 1 is 1.15 bits per heavy atom. The Bertz CT molecular complexity index is 1540. The Kier molecular flexibility index (Phi) is 6.64. The number of thiazole rings is 1. The summed E-state index contributed by atoms with van der Waals surface area (Å²) < 4.78 is 7.80. The monoisotopic (exact) mass is 543 g/mol. The van der Waals surface area contributed by atoms with E-state index in [1.807, 2.05) is 34.5 Å². The quantitative estimate of drug-likeness (QED) is 0.361. The van der Waals surface area contributed by atoms with E-state index in [2.05, 4.69) is 39.7 Å². The third kappa shape index (κ3) is 5.09. The lowest BCUT2D eigenvalue weighted by atomic mass is 10.0. The summed E-state index contributed by atoms with van der Waals surface area (Å²) in [5.41, 5.74) is 6.66. The third-order valence-corrected chi connectivity index (χ3v) is 8.93. The van der Waals surface area contributed by atoms with Crippen molar-refractivity contribution in [3.63, 3.8) is 0 Å². The maximum atomic E-state index is 13.7. The van der Waals surface area contributed by atoms with Crippen LogP contribution in [-0.2, 0) is 11.3 Å². The van der Waals surface area contributed by atoms with Crippen LogP contribution in [0.3, 0.4) is 0 Å². The molecule has 5 heterocycles. The number of morpholine rings is 1. The van der Waals surface area contributed by atoms with Crippen molar-refractivity contribution in [3.8, 4) is 0 Å². The molecule has 7 rings (SSSR count). The molecule has 1 aliphatic carbocycles. The van der Waals surface area contributed by atoms with E-state index in [1.165, 1.54) is 0 Å². The molecule has 3 fully saturated rings. The average molecular weight is 544 g/mol. The van der Waals surface area contributed by atoms with Gasteiger partial charge in [-0.1, -0.05) is 12.1 Å². The fourth-order valence-corrected chi connectivity index (χ4v) is 6.56. The molecule has 2 saturated heterocycles. The molecule has 0 radical (unpaired) electrons. The van der Waals surface area contributed by atoms with Crippen LogP contribution in [0.15, 0.2) is 46.8 Å². The molecule has 2 N–H and O–H groups in total. The van der Waals surface area contributed by atoms with E-state index in [9.17, 15) is 4.79 Å². The molecule has 2 aliphatic heterocycles. The number of likely N-dealkylation sites (N-methyl/N-ethyl adjacent to an activating group) is 1. The van der Waals surface area contributed by atoms with Crippen LogP contribution in [0.2, 0.25) is 0 Å². The van der Waals surface area contributed by atoms with E-state index >= 15 is 0 Å². The first-order valence-electron chi connectivity index (χ1n) is 13.8. The van der Waals surface area contributed by atoms with Gasteiger partial charge in [0, 0.05) is 53.3 Å². The van der Waals surface area contributed by atoms with E-state index < -0.39 is 0 Å². The fraction of sp³-hybridized carbons (Fsp3) is 0.448. The average Bonchev–Trinajstić information content (AvgIpc) is 3.44. The van der Waals surface area contributed by atoms with E-state index in [-0.39, 0.29) is 11.7 Å². The van der Waals surface area contributed by atoms with Gasteiger partial charge >= 0.3 is 0 Å². The molecule has 39 heavy (non-hydrogen) atoms. The highest BCUT2D eigenvalue weighted by Crippen LogP contribution is 2.39. The van der Waals surface area contributed by atoms with Crippen LogP contribution in [0.25, 0.3) is 11.0 Å². The first kappa shape index (κ1) is 24.8. The van der Waals surface area contributed by atoms with Gasteiger partial charge in [-0.05, 0) is 62.5 Å². The molecular weight excluding hydrogens is 510 g/mol. The highest BCUT2D eigenvalue weighted by molar-refractivity contribution is 7.09. The van der Waals surface area contributed by atoms with Crippen LogP contribution in [-0.4, -0.2) is 64.3 Å². The molecule has 202 valence electrons. The second kappa shape index (κ2) is 10.4. The second-order valence-corrected chi connectivity index (χ2v) is 11.9. The number of pyridine rings is 1. The number of nitrogens with zero attached hydrogens (tertiary/aromatic N) is 5. The summed E-state index contributed by atoms with van der Waals surface area (Å²) in [6.45, 7) is 5.03. The number of aromatic nitrogens is 4. The summed E-state index contributed by atoms with van der Waals surface area (Å²) in [5, 5.41) is 7.67. The minimum Gasteiger partial charge on any atom is -0.371 e. The number of hydrogen-bond donors (Lipinski definition) is 2. The Morgan fingerprint density at radius 3 is 2.79 bits per heavy atom. The second-order valence-electron chi connectivity index (χ2n) is 11.0. The highest BCUT2D eigenvalue weighted by atomic mass is 32.1. The summed E-state index contributed by atoms with van der Waals surface area (Å²) >= 11 is 1.63. The Labute approximate surface area is 231 Å². The summed E-state index contributed by atoms with van der Waals surface area (Å²) in [5.74, 6) is 1.21. The normalized spacial score (nSPS) is 22.0. The summed E-state index contributed by atoms with van der Waals surface area (Å²) in [6.07, 6.45) is 5.13. The highest BCUT2D eigenvalue weighted by Gasteiger charge is 2.29. The molecule has 9 nitrogen and oxygen atoms in total. The number of benzene rings is 1. The largest absolute Gasteiger partial charge is 0.371 e. The molecular formula is C29H33N7O2S. The summed E-state index contributed by atoms with van der Waals surface area (Å²) in [6, 6.07) is 10.2. The number of fused-ring (bicyclic) bond motifs is 1. The van der Waals surface area contributed by atoms with Crippen molar-refractivity contribution in [2.75, 3.05) is 45.2 Å². The van der Waals surface area contributed by atoms with Crippen molar-refractivity contribution in [2.24, 2.45) is 0 Å². The minimum atomic E-state index is 0.0559. The first-order chi connectivity index (χ1) is 19.1. The van der Waals surface area contributed by atoms with E-state index in [4.69, 9.17) is 14.7 Å². The van der Waals surface area contributed by atoms with Gasteiger partial charge in [-0.3, -0.25) is 9.36 Å². The lowest BCUT2D eigenvalue weighted by Gasteiger charge is -2.30. The number of rotatable bonds is 7. The van der Waals surface area contributed by atoms with Crippen LogP contribution in [0.1, 0.15) is 58.9 Å². The number of anilines is 2. The maximum Gasteiger partial charge on any atom is 0.256 e. The van der Waals surface area contributed by atoms with Gasteiger partial charge in [-0.2, -0.15) is 4.98 Å². The van der Waals surface area contributed by atoms with Crippen LogP contribution in [0, 0.1) is 0 Å². The molecule has 4 aromatic rings. The molecule has 0 amide bonds. The van der Waals surface area contributed by atoms with Gasteiger partial charge in [-0.15, -0.1) is 11.3 Å². The van der Waals surface area contributed by atoms with Gasteiger partial charge in [0.25, 0.3) is 5.56 Å². The lowest BCUT2D eigenvalue weighted by Crippen LogP contribution is -2.35. The first-order valence-corrected chi connectivity index (χ1v) is 14.7. The van der Waals surface area contributed by atoms with Crippen molar-refractivity contribution < 1.29 is 4.74 Å². The minimum absolute atomic E-state index is 0.0559.